The van der Waals surface area contributed by atoms with Gasteiger partial charge in [0, 0.05) is 5.02 Å². The first kappa shape index (κ1) is 13.0. The molecule has 16 heavy (non-hydrogen) atoms. The standard InChI is InChI=1S/C12H14ClFO2/c1-2-3-8(12(15)16)6-9-7-10(13)4-5-11(9)14/h4-5,7-8H,2-3,6H2,1H3,(H,15,16). The molecule has 0 aliphatic rings. The number of halogens is 2. The number of hydrogen-bond acceptors (Lipinski definition) is 1. The highest BCUT2D eigenvalue weighted by molar-refractivity contribution is 6.30. The molecule has 0 fully saturated rings. The minimum absolute atomic E-state index is 0.190. The fourth-order valence-corrected chi connectivity index (χ4v) is 1.82. The molecule has 0 aliphatic heterocycles. The molecule has 1 aromatic rings. The van der Waals surface area contributed by atoms with Crippen LogP contribution in [0.2, 0.25) is 5.02 Å². The maximum absolute atomic E-state index is 13.4. The average Bonchev–Trinajstić information content (AvgIpc) is 2.22. The summed E-state index contributed by atoms with van der Waals surface area (Å²) in [5.41, 5.74) is 0.369. The van der Waals surface area contributed by atoms with Gasteiger partial charge >= 0.3 is 5.97 Å². The number of carbonyl (C=O) groups is 1. The molecule has 0 bridgehead atoms. The summed E-state index contributed by atoms with van der Waals surface area (Å²) in [6, 6.07) is 4.21. The third-order valence-electron chi connectivity index (χ3n) is 2.46. The fraction of sp³-hybridized carbons (Fsp3) is 0.417. The number of hydrogen-bond donors (Lipinski definition) is 1. The van der Waals surface area contributed by atoms with Gasteiger partial charge in [-0.3, -0.25) is 4.79 Å². The molecule has 0 heterocycles. The maximum atomic E-state index is 13.4. The van der Waals surface area contributed by atoms with Gasteiger partial charge < -0.3 is 5.11 Å². The van der Waals surface area contributed by atoms with Crippen LogP contribution in [0.1, 0.15) is 25.3 Å². The average molecular weight is 245 g/mol. The molecule has 88 valence electrons. The van der Waals surface area contributed by atoms with E-state index in [1.54, 1.807) is 0 Å². The monoisotopic (exact) mass is 244 g/mol. The molecule has 0 aromatic heterocycles. The second-order valence-corrected chi connectivity index (χ2v) is 4.20. The van der Waals surface area contributed by atoms with Crippen LogP contribution in [0.25, 0.3) is 0 Å². The summed E-state index contributed by atoms with van der Waals surface area (Å²) >= 11 is 5.74. The summed E-state index contributed by atoms with van der Waals surface area (Å²) in [5, 5.41) is 9.40. The number of benzene rings is 1. The lowest BCUT2D eigenvalue weighted by atomic mass is 9.95. The lowest BCUT2D eigenvalue weighted by Gasteiger charge is -2.11. The molecule has 0 amide bonds. The van der Waals surface area contributed by atoms with Crippen LogP contribution in [0.3, 0.4) is 0 Å². The van der Waals surface area contributed by atoms with Crippen LogP contribution in [0.5, 0.6) is 0 Å². The molecule has 0 spiro atoms. The van der Waals surface area contributed by atoms with E-state index < -0.39 is 17.7 Å². The topological polar surface area (TPSA) is 37.3 Å². The Morgan fingerprint density at radius 1 is 1.56 bits per heavy atom. The molecule has 1 rings (SSSR count). The van der Waals surface area contributed by atoms with Gasteiger partial charge in [0.1, 0.15) is 5.82 Å². The van der Waals surface area contributed by atoms with Crippen LogP contribution >= 0.6 is 11.6 Å². The molecule has 0 radical (unpaired) electrons. The van der Waals surface area contributed by atoms with Gasteiger partial charge in [0.05, 0.1) is 5.92 Å². The Morgan fingerprint density at radius 2 is 2.25 bits per heavy atom. The van der Waals surface area contributed by atoms with Crippen LogP contribution < -0.4 is 0 Å². The van der Waals surface area contributed by atoms with Crippen molar-refractivity contribution in [1.82, 2.24) is 0 Å². The second-order valence-electron chi connectivity index (χ2n) is 3.76. The van der Waals surface area contributed by atoms with Gasteiger partial charge in [-0.2, -0.15) is 0 Å². The van der Waals surface area contributed by atoms with Crippen molar-refractivity contribution >= 4 is 17.6 Å². The molecular weight excluding hydrogens is 231 g/mol. The Balaban J connectivity index is 2.84. The van der Waals surface area contributed by atoms with Crippen molar-refractivity contribution in [3.63, 3.8) is 0 Å². The lowest BCUT2D eigenvalue weighted by molar-refractivity contribution is -0.141. The number of carboxylic acids is 1. The highest BCUT2D eigenvalue weighted by atomic mass is 35.5. The number of rotatable bonds is 5. The minimum atomic E-state index is -0.888. The normalized spacial score (nSPS) is 12.4. The van der Waals surface area contributed by atoms with Gasteiger partial charge in [0.25, 0.3) is 0 Å². The van der Waals surface area contributed by atoms with E-state index in [2.05, 4.69) is 0 Å². The van der Waals surface area contributed by atoms with Crippen LogP contribution in [0.4, 0.5) is 4.39 Å². The van der Waals surface area contributed by atoms with E-state index in [1.165, 1.54) is 18.2 Å². The van der Waals surface area contributed by atoms with Crippen molar-refractivity contribution in [2.75, 3.05) is 0 Å². The van der Waals surface area contributed by atoms with Gasteiger partial charge in [-0.15, -0.1) is 0 Å². The zero-order valence-corrected chi connectivity index (χ0v) is 9.80. The van der Waals surface area contributed by atoms with E-state index >= 15 is 0 Å². The molecular formula is C12H14ClFO2. The molecule has 4 heteroatoms. The Hall–Kier alpha value is -1.09. The predicted molar refractivity (Wildman–Crippen MR) is 61.1 cm³/mol. The van der Waals surface area contributed by atoms with E-state index in [0.29, 0.717) is 17.0 Å². The maximum Gasteiger partial charge on any atom is 0.306 e. The van der Waals surface area contributed by atoms with Crippen molar-refractivity contribution in [2.45, 2.75) is 26.2 Å². The van der Waals surface area contributed by atoms with Gasteiger partial charge in [-0.1, -0.05) is 24.9 Å². The van der Waals surface area contributed by atoms with Gasteiger partial charge in [0.15, 0.2) is 0 Å². The first-order valence-electron chi connectivity index (χ1n) is 5.21. The highest BCUT2D eigenvalue weighted by Crippen LogP contribution is 2.20. The summed E-state index contributed by atoms with van der Waals surface area (Å²) in [7, 11) is 0. The summed E-state index contributed by atoms with van der Waals surface area (Å²) in [4.78, 5) is 10.9. The van der Waals surface area contributed by atoms with E-state index in [4.69, 9.17) is 16.7 Å². The molecule has 1 unspecified atom stereocenters. The van der Waals surface area contributed by atoms with E-state index in [9.17, 15) is 9.18 Å². The predicted octanol–water partition coefficient (Wildman–Crippen LogP) is 3.52. The Bertz CT molecular complexity index is 379. The third kappa shape index (κ3) is 3.49. The van der Waals surface area contributed by atoms with Crippen molar-refractivity contribution < 1.29 is 14.3 Å². The molecule has 1 aromatic carbocycles. The highest BCUT2D eigenvalue weighted by Gasteiger charge is 2.18. The van der Waals surface area contributed by atoms with Crippen molar-refractivity contribution in [2.24, 2.45) is 5.92 Å². The SMILES string of the molecule is CCCC(Cc1cc(Cl)ccc1F)C(=O)O. The first-order chi connectivity index (χ1) is 7.54. The van der Waals surface area contributed by atoms with Crippen molar-refractivity contribution in [3.8, 4) is 0 Å². The van der Waals surface area contributed by atoms with E-state index in [-0.39, 0.29) is 6.42 Å². The largest absolute Gasteiger partial charge is 0.481 e. The molecule has 0 saturated heterocycles. The molecule has 0 saturated carbocycles. The Morgan fingerprint density at radius 3 is 2.81 bits per heavy atom. The van der Waals surface area contributed by atoms with E-state index in [1.807, 2.05) is 6.92 Å². The van der Waals surface area contributed by atoms with Crippen LogP contribution in [0.15, 0.2) is 18.2 Å². The number of carboxylic acid groups (broad SMARTS) is 1. The van der Waals surface area contributed by atoms with Crippen LogP contribution in [0, 0.1) is 11.7 Å². The minimum Gasteiger partial charge on any atom is -0.481 e. The quantitative estimate of drug-likeness (QED) is 0.861. The molecule has 1 atom stereocenters. The molecule has 0 aliphatic carbocycles. The second kappa shape index (κ2) is 5.85. The van der Waals surface area contributed by atoms with Gasteiger partial charge in [-0.25, -0.2) is 4.39 Å². The zero-order chi connectivity index (χ0) is 12.1. The summed E-state index contributed by atoms with van der Waals surface area (Å²) in [6.07, 6.45) is 1.50. The van der Waals surface area contributed by atoms with Crippen molar-refractivity contribution in [3.05, 3.63) is 34.6 Å². The number of aliphatic carboxylic acids is 1. The lowest BCUT2D eigenvalue weighted by Crippen LogP contribution is -2.16. The zero-order valence-electron chi connectivity index (χ0n) is 9.04. The Labute approximate surface area is 99.0 Å². The molecule has 2 nitrogen and oxygen atoms in total. The fourth-order valence-electron chi connectivity index (χ4n) is 1.63. The summed E-state index contributed by atoms with van der Waals surface area (Å²) in [6.45, 7) is 1.91. The van der Waals surface area contributed by atoms with Crippen molar-refractivity contribution in [1.29, 1.82) is 0 Å². The summed E-state index contributed by atoms with van der Waals surface area (Å²) < 4.78 is 13.4. The van der Waals surface area contributed by atoms with Gasteiger partial charge in [-0.05, 0) is 36.6 Å². The third-order valence-corrected chi connectivity index (χ3v) is 2.70. The first-order valence-corrected chi connectivity index (χ1v) is 5.59. The Kier molecular flexibility index (Phi) is 4.74. The van der Waals surface area contributed by atoms with Gasteiger partial charge in [0.2, 0.25) is 0 Å². The smallest absolute Gasteiger partial charge is 0.306 e. The van der Waals surface area contributed by atoms with E-state index in [0.717, 1.165) is 6.42 Å². The molecule has 1 N–H and O–H groups in total. The summed E-state index contributed by atoms with van der Waals surface area (Å²) in [5.74, 6) is -1.83. The van der Waals surface area contributed by atoms with Crippen LogP contribution in [-0.2, 0) is 11.2 Å². The van der Waals surface area contributed by atoms with Crippen LogP contribution in [-0.4, -0.2) is 11.1 Å².